The van der Waals surface area contributed by atoms with Crippen molar-refractivity contribution in [2.45, 2.75) is 12.5 Å². The van der Waals surface area contributed by atoms with E-state index in [2.05, 4.69) is 9.68 Å². The fourth-order valence-corrected chi connectivity index (χ4v) is 1.73. The molecular weight excluding hydrogens is 356 g/mol. The fraction of sp³-hybridized carbons (Fsp3) is 0.357. The van der Waals surface area contributed by atoms with Gasteiger partial charge < -0.3 is 24.3 Å². The van der Waals surface area contributed by atoms with Crippen LogP contribution in [0, 0.1) is 20.2 Å². The topological polar surface area (TPSA) is 160 Å². The van der Waals surface area contributed by atoms with Gasteiger partial charge in [-0.05, 0) is 23.8 Å². The fourth-order valence-electron chi connectivity index (χ4n) is 1.73. The van der Waals surface area contributed by atoms with E-state index in [1.54, 1.807) is 0 Å². The summed E-state index contributed by atoms with van der Waals surface area (Å²) < 4.78 is 9.75. The Labute approximate surface area is 146 Å². The Hall–Kier alpha value is -3.57. The molecular formula is C14H16N2O10. The Balaban J connectivity index is 2.48. The number of benzene rings is 1. The summed E-state index contributed by atoms with van der Waals surface area (Å²) in [6.45, 7) is -0.948. The van der Waals surface area contributed by atoms with Crippen molar-refractivity contribution in [3.05, 3.63) is 50.1 Å². The Morgan fingerprint density at radius 2 is 2.04 bits per heavy atom. The number of ether oxygens (including phenoxy) is 2. The minimum absolute atomic E-state index is 0.0546. The van der Waals surface area contributed by atoms with E-state index in [9.17, 15) is 30.1 Å². The highest BCUT2D eigenvalue weighted by atomic mass is 17.0. The molecule has 1 unspecified atom stereocenters. The highest BCUT2D eigenvalue weighted by Gasteiger charge is 2.16. The van der Waals surface area contributed by atoms with Crippen LogP contribution >= 0.6 is 0 Å². The molecule has 1 aromatic carbocycles. The van der Waals surface area contributed by atoms with Gasteiger partial charge in [-0.25, -0.2) is 4.79 Å². The minimum atomic E-state index is -1.26. The molecule has 12 heteroatoms. The van der Waals surface area contributed by atoms with E-state index in [-0.39, 0.29) is 24.5 Å². The molecule has 0 aliphatic rings. The largest absolute Gasteiger partial charge is 0.504 e. The molecule has 0 fully saturated rings. The van der Waals surface area contributed by atoms with Gasteiger partial charge in [-0.2, -0.15) is 0 Å². The van der Waals surface area contributed by atoms with Crippen LogP contribution in [0.15, 0.2) is 24.3 Å². The quantitative estimate of drug-likeness (QED) is 0.258. The normalized spacial score (nSPS) is 11.6. The van der Waals surface area contributed by atoms with Crippen LogP contribution in [0.5, 0.6) is 11.5 Å². The van der Waals surface area contributed by atoms with Crippen LogP contribution in [0.4, 0.5) is 0 Å². The first-order valence-electron chi connectivity index (χ1n) is 7.12. The lowest BCUT2D eigenvalue weighted by Crippen LogP contribution is -2.26. The van der Waals surface area contributed by atoms with Crippen LogP contribution in [0.3, 0.4) is 0 Å². The average molecular weight is 372 g/mol. The molecule has 142 valence electrons. The lowest BCUT2D eigenvalue weighted by Gasteiger charge is -2.13. The molecule has 0 aliphatic carbocycles. The smallest absolute Gasteiger partial charge is 0.330 e. The van der Waals surface area contributed by atoms with Gasteiger partial charge in [-0.3, -0.25) is 0 Å². The Morgan fingerprint density at radius 1 is 1.31 bits per heavy atom. The molecule has 0 aliphatic heterocycles. The number of rotatable bonds is 11. The number of phenols is 1. The monoisotopic (exact) mass is 372 g/mol. The van der Waals surface area contributed by atoms with Gasteiger partial charge in [0.1, 0.15) is 12.7 Å². The number of carbonyl (C=O) groups excluding carboxylic acids is 1. The minimum Gasteiger partial charge on any atom is -0.504 e. The van der Waals surface area contributed by atoms with Gasteiger partial charge >= 0.3 is 5.97 Å². The first-order valence-corrected chi connectivity index (χ1v) is 7.12. The maximum absolute atomic E-state index is 11.6. The number of aromatic hydroxyl groups is 1. The highest BCUT2D eigenvalue weighted by Crippen LogP contribution is 2.26. The van der Waals surface area contributed by atoms with Crippen molar-refractivity contribution in [2.75, 3.05) is 20.3 Å². The Kier molecular flexibility index (Phi) is 8.13. The van der Waals surface area contributed by atoms with Gasteiger partial charge in [0, 0.05) is 12.5 Å². The third kappa shape index (κ3) is 7.81. The maximum Gasteiger partial charge on any atom is 0.330 e. The van der Waals surface area contributed by atoms with Crippen LogP contribution in [0.2, 0.25) is 0 Å². The number of hydrogen-bond acceptors (Lipinski definition) is 10. The summed E-state index contributed by atoms with van der Waals surface area (Å²) in [6, 6.07) is 4.42. The molecule has 0 aromatic heterocycles. The second kappa shape index (κ2) is 10.3. The lowest BCUT2D eigenvalue weighted by molar-refractivity contribution is -0.790. The summed E-state index contributed by atoms with van der Waals surface area (Å²) in [7, 11) is 1.38. The third-order valence-corrected chi connectivity index (χ3v) is 2.90. The van der Waals surface area contributed by atoms with E-state index in [1.807, 2.05) is 0 Å². The van der Waals surface area contributed by atoms with Crippen molar-refractivity contribution in [3.8, 4) is 11.5 Å². The number of phenolic OH excluding ortho intramolecular Hbond substituents is 1. The van der Waals surface area contributed by atoms with Crippen molar-refractivity contribution in [1.82, 2.24) is 0 Å². The van der Waals surface area contributed by atoms with Crippen LogP contribution < -0.4 is 4.74 Å². The van der Waals surface area contributed by atoms with Crippen molar-refractivity contribution in [1.29, 1.82) is 0 Å². The summed E-state index contributed by atoms with van der Waals surface area (Å²) >= 11 is 0. The van der Waals surface area contributed by atoms with Crippen molar-refractivity contribution in [2.24, 2.45) is 0 Å². The van der Waals surface area contributed by atoms with Gasteiger partial charge in [-0.1, -0.05) is 6.07 Å². The molecule has 0 saturated carbocycles. The SMILES string of the molecule is COc1cc(/C=C/C(=O)OCCC(CO[N+](=O)[O-])O[N+](=O)[O-])ccc1O. The molecule has 0 heterocycles. The van der Waals surface area contributed by atoms with E-state index < -0.39 is 28.9 Å². The molecule has 0 bridgehead atoms. The number of carbonyl (C=O) groups is 1. The zero-order valence-corrected chi connectivity index (χ0v) is 13.6. The van der Waals surface area contributed by atoms with Crippen LogP contribution in [0.1, 0.15) is 12.0 Å². The predicted molar refractivity (Wildman–Crippen MR) is 84.1 cm³/mol. The van der Waals surface area contributed by atoms with Gasteiger partial charge in [0.2, 0.25) is 0 Å². The first-order chi connectivity index (χ1) is 12.3. The van der Waals surface area contributed by atoms with Crippen molar-refractivity contribution < 1.29 is 39.2 Å². The summed E-state index contributed by atoms with van der Waals surface area (Å²) in [5.74, 6) is -0.570. The zero-order valence-electron chi connectivity index (χ0n) is 13.6. The summed E-state index contributed by atoms with van der Waals surface area (Å²) in [4.78, 5) is 40.2. The maximum atomic E-state index is 11.6. The second-order valence-corrected chi connectivity index (χ2v) is 4.69. The zero-order chi connectivity index (χ0) is 19.5. The van der Waals surface area contributed by atoms with E-state index in [0.717, 1.165) is 6.08 Å². The summed E-state index contributed by atoms with van der Waals surface area (Å²) in [5, 5.41) is 27.6. The van der Waals surface area contributed by atoms with Gasteiger partial charge in [-0.15, -0.1) is 20.2 Å². The van der Waals surface area contributed by atoms with Gasteiger partial charge in [0.25, 0.3) is 10.2 Å². The van der Waals surface area contributed by atoms with Crippen LogP contribution in [-0.2, 0) is 19.2 Å². The molecule has 1 rings (SSSR count). The molecule has 26 heavy (non-hydrogen) atoms. The van der Waals surface area contributed by atoms with Crippen LogP contribution in [-0.4, -0.2) is 47.7 Å². The van der Waals surface area contributed by atoms with Gasteiger partial charge in [0.15, 0.2) is 11.5 Å². The summed E-state index contributed by atoms with van der Waals surface area (Å²) in [6.07, 6.45) is 1.07. The van der Waals surface area contributed by atoms with Crippen molar-refractivity contribution >= 4 is 12.0 Å². The Morgan fingerprint density at radius 3 is 2.65 bits per heavy atom. The Bertz CT molecular complexity index is 676. The summed E-state index contributed by atoms with van der Waals surface area (Å²) in [5.41, 5.74) is 0.561. The van der Waals surface area contributed by atoms with Gasteiger partial charge in [0.05, 0.1) is 13.7 Å². The lowest BCUT2D eigenvalue weighted by atomic mass is 10.2. The van der Waals surface area contributed by atoms with Crippen LogP contribution in [0.25, 0.3) is 6.08 Å². The van der Waals surface area contributed by atoms with E-state index in [4.69, 9.17) is 9.47 Å². The van der Waals surface area contributed by atoms with E-state index in [1.165, 1.54) is 31.4 Å². The number of nitrogens with zero attached hydrogens (tertiary/aromatic N) is 2. The highest BCUT2D eigenvalue weighted by molar-refractivity contribution is 5.87. The molecule has 12 nitrogen and oxygen atoms in total. The molecule has 1 aromatic rings. The number of esters is 1. The number of methoxy groups -OCH3 is 1. The van der Waals surface area contributed by atoms with Crippen molar-refractivity contribution in [3.63, 3.8) is 0 Å². The predicted octanol–water partition coefficient (Wildman–Crippen LogP) is 1.13. The van der Waals surface area contributed by atoms with E-state index >= 15 is 0 Å². The molecule has 0 saturated heterocycles. The first kappa shape index (κ1) is 20.5. The molecule has 0 spiro atoms. The second-order valence-electron chi connectivity index (χ2n) is 4.69. The molecule has 1 N–H and O–H groups in total. The molecule has 0 radical (unpaired) electrons. The molecule has 0 amide bonds. The standard InChI is InChI=1S/C14H16N2O10/c1-23-13-8-10(2-4-12(13)17)3-5-14(18)24-7-6-11(26-16(21)22)9-25-15(19)20/h2-5,8,11,17H,6-7,9H2,1H3/b5-3+. The average Bonchev–Trinajstić information content (AvgIpc) is 2.58. The third-order valence-electron chi connectivity index (χ3n) is 2.90. The number of hydrogen-bond donors (Lipinski definition) is 1. The van der Waals surface area contributed by atoms with E-state index in [0.29, 0.717) is 5.56 Å². The molecule has 1 atom stereocenters.